The third-order valence-electron chi connectivity index (χ3n) is 3.64. The van der Waals surface area contributed by atoms with Crippen molar-refractivity contribution in [2.45, 2.75) is 70.8 Å². The molecule has 0 aliphatic heterocycles. The van der Waals surface area contributed by atoms with E-state index >= 15 is 0 Å². The molecule has 0 spiro atoms. The standard InChI is InChI=1S/C14H26O3/c1-12(15)17-11-7-3-6-10-14(16)13-8-4-2-5-9-13/h13-14,16H,2-11H2,1H3/t14-/m0/s1. The van der Waals surface area contributed by atoms with Crippen LogP contribution in [0, 0.1) is 5.92 Å². The van der Waals surface area contributed by atoms with Crippen molar-refractivity contribution in [3.05, 3.63) is 0 Å². The number of ether oxygens (including phenoxy) is 1. The average molecular weight is 242 g/mol. The van der Waals surface area contributed by atoms with E-state index in [9.17, 15) is 9.90 Å². The molecule has 3 nitrogen and oxygen atoms in total. The molecule has 17 heavy (non-hydrogen) atoms. The van der Waals surface area contributed by atoms with E-state index < -0.39 is 0 Å². The Balaban J connectivity index is 1.96. The summed E-state index contributed by atoms with van der Waals surface area (Å²) in [7, 11) is 0. The van der Waals surface area contributed by atoms with Crippen molar-refractivity contribution in [3.8, 4) is 0 Å². The normalized spacial score (nSPS) is 18.9. The summed E-state index contributed by atoms with van der Waals surface area (Å²) in [6, 6.07) is 0. The number of hydrogen-bond donors (Lipinski definition) is 1. The molecule has 1 fully saturated rings. The molecular weight excluding hydrogens is 216 g/mol. The van der Waals surface area contributed by atoms with Crippen LogP contribution in [0.2, 0.25) is 0 Å². The largest absolute Gasteiger partial charge is 0.466 e. The molecule has 0 aromatic rings. The maximum Gasteiger partial charge on any atom is 0.302 e. The summed E-state index contributed by atoms with van der Waals surface area (Å²) in [6.07, 6.45) is 10.1. The second-order valence-corrected chi connectivity index (χ2v) is 5.15. The molecule has 1 rings (SSSR count). The number of rotatable bonds is 7. The molecule has 0 amide bonds. The summed E-state index contributed by atoms with van der Waals surface area (Å²) in [5.41, 5.74) is 0. The molecular formula is C14H26O3. The van der Waals surface area contributed by atoms with Crippen molar-refractivity contribution in [1.82, 2.24) is 0 Å². The third kappa shape index (κ3) is 6.67. The minimum atomic E-state index is -0.202. The maximum absolute atomic E-state index is 10.5. The maximum atomic E-state index is 10.5. The van der Waals surface area contributed by atoms with Crippen LogP contribution in [0.3, 0.4) is 0 Å². The predicted octanol–water partition coefficient (Wildman–Crippen LogP) is 3.05. The lowest BCUT2D eigenvalue weighted by molar-refractivity contribution is -0.141. The fourth-order valence-electron chi connectivity index (χ4n) is 2.60. The zero-order valence-electron chi connectivity index (χ0n) is 11.0. The van der Waals surface area contributed by atoms with Gasteiger partial charge in [-0.1, -0.05) is 25.7 Å². The van der Waals surface area contributed by atoms with Crippen molar-refractivity contribution in [2.75, 3.05) is 6.61 Å². The lowest BCUT2D eigenvalue weighted by atomic mass is 9.83. The van der Waals surface area contributed by atoms with Gasteiger partial charge >= 0.3 is 5.97 Å². The number of hydrogen-bond acceptors (Lipinski definition) is 3. The van der Waals surface area contributed by atoms with Gasteiger partial charge in [0.15, 0.2) is 0 Å². The SMILES string of the molecule is CC(=O)OCCCCC[C@H](O)C1CCCCC1. The van der Waals surface area contributed by atoms with E-state index in [0.29, 0.717) is 12.5 Å². The summed E-state index contributed by atoms with van der Waals surface area (Å²) in [6.45, 7) is 1.96. The summed E-state index contributed by atoms with van der Waals surface area (Å²) >= 11 is 0. The van der Waals surface area contributed by atoms with Gasteiger partial charge in [0.1, 0.15) is 0 Å². The quantitative estimate of drug-likeness (QED) is 0.551. The van der Waals surface area contributed by atoms with Gasteiger partial charge in [-0.25, -0.2) is 0 Å². The molecule has 0 unspecified atom stereocenters. The fourth-order valence-corrected chi connectivity index (χ4v) is 2.60. The Morgan fingerprint density at radius 3 is 2.59 bits per heavy atom. The third-order valence-corrected chi connectivity index (χ3v) is 3.64. The first-order valence-electron chi connectivity index (χ1n) is 7.01. The highest BCUT2D eigenvalue weighted by atomic mass is 16.5. The van der Waals surface area contributed by atoms with E-state index in [1.807, 2.05) is 0 Å². The number of esters is 1. The average Bonchev–Trinajstić information content (AvgIpc) is 2.34. The highest BCUT2D eigenvalue weighted by Crippen LogP contribution is 2.28. The molecule has 0 radical (unpaired) electrons. The summed E-state index contributed by atoms with van der Waals surface area (Å²) < 4.78 is 4.86. The van der Waals surface area contributed by atoms with Gasteiger partial charge in [0.2, 0.25) is 0 Å². The zero-order valence-corrected chi connectivity index (χ0v) is 11.0. The smallest absolute Gasteiger partial charge is 0.302 e. The highest BCUT2D eigenvalue weighted by Gasteiger charge is 2.20. The topological polar surface area (TPSA) is 46.5 Å². The van der Waals surface area contributed by atoms with Crippen LogP contribution in [0.5, 0.6) is 0 Å². The number of carbonyl (C=O) groups excluding carboxylic acids is 1. The van der Waals surface area contributed by atoms with Gasteiger partial charge in [-0.15, -0.1) is 0 Å². The van der Waals surface area contributed by atoms with Crippen molar-refractivity contribution in [1.29, 1.82) is 0 Å². The van der Waals surface area contributed by atoms with E-state index in [0.717, 1.165) is 25.7 Å². The molecule has 0 bridgehead atoms. The second-order valence-electron chi connectivity index (χ2n) is 5.15. The monoisotopic (exact) mass is 242 g/mol. The molecule has 1 atom stereocenters. The number of aliphatic hydroxyl groups is 1. The summed E-state index contributed by atoms with van der Waals surface area (Å²) in [5.74, 6) is 0.337. The second kappa shape index (κ2) is 8.51. The lowest BCUT2D eigenvalue weighted by Crippen LogP contribution is -2.22. The molecule has 0 heterocycles. The van der Waals surface area contributed by atoms with E-state index in [-0.39, 0.29) is 12.1 Å². The van der Waals surface area contributed by atoms with E-state index in [1.165, 1.54) is 39.0 Å². The van der Waals surface area contributed by atoms with Gasteiger partial charge in [-0.3, -0.25) is 4.79 Å². The van der Waals surface area contributed by atoms with Gasteiger partial charge in [0.05, 0.1) is 12.7 Å². The van der Waals surface area contributed by atoms with Gasteiger partial charge in [0, 0.05) is 6.92 Å². The number of unbranched alkanes of at least 4 members (excludes halogenated alkanes) is 2. The Kier molecular flexibility index (Phi) is 7.25. The Morgan fingerprint density at radius 1 is 1.24 bits per heavy atom. The van der Waals surface area contributed by atoms with Crippen LogP contribution in [0.1, 0.15) is 64.7 Å². The van der Waals surface area contributed by atoms with Crippen LogP contribution in [0.15, 0.2) is 0 Å². The first-order valence-corrected chi connectivity index (χ1v) is 7.01. The Morgan fingerprint density at radius 2 is 1.94 bits per heavy atom. The molecule has 0 saturated heterocycles. The first kappa shape index (κ1) is 14.5. The van der Waals surface area contributed by atoms with Crippen LogP contribution in [-0.4, -0.2) is 23.8 Å². The Hall–Kier alpha value is -0.570. The highest BCUT2D eigenvalue weighted by molar-refractivity contribution is 5.65. The van der Waals surface area contributed by atoms with Crippen molar-refractivity contribution in [2.24, 2.45) is 5.92 Å². The van der Waals surface area contributed by atoms with Crippen LogP contribution in [0.4, 0.5) is 0 Å². The fraction of sp³-hybridized carbons (Fsp3) is 0.929. The van der Waals surface area contributed by atoms with Crippen LogP contribution in [0.25, 0.3) is 0 Å². The summed E-state index contributed by atoms with van der Waals surface area (Å²) in [5, 5.41) is 10.0. The van der Waals surface area contributed by atoms with E-state index in [1.54, 1.807) is 0 Å². The van der Waals surface area contributed by atoms with Crippen LogP contribution >= 0.6 is 0 Å². The van der Waals surface area contributed by atoms with Crippen LogP contribution < -0.4 is 0 Å². The summed E-state index contributed by atoms with van der Waals surface area (Å²) in [4.78, 5) is 10.5. The first-order chi connectivity index (χ1) is 8.20. The minimum absolute atomic E-state index is 0.107. The zero-order chi connectivity index (χ0) is 12.5. The van der Waals surface area contributed by atoms with Crippen molar-refractivity contribution < 1.29 is 14.6 Å². The molecule has 0 aromatic heterocycles. The van der Waals surface area contributed by atoms with Crippen molar-refractivity contribution >= 4 is 5.97 Å². The molecule has 100 valence electrons. The number of aliphatic hydroxyl groups excluding tert-OH is 1. The lowest BCUT2D eigenvalue weighted by Gasteiger charge is -2.26. The molecule has 1 aliphatic carbocycles. The van der Waals surface area contributed by atoms with Gasteiger partial charge in [-0.2, -0.15) is 0 Å². The Labute approximate surface area is 105 Å². The van der Waals surface area contributed by atoms with Crippen molar-refractivity contribution in [3.63, 3.8) is 0 Å². The van der Waals surface area contributed by atoms with Crippen LogP contribution in [-0.2, 0) is 9.53 Å². The molecule has 1 N–H and O–H groups in total. The van der Waals surface area contributed by atoms with E-state index in [2.05, 4.69) is 0 Å². The van der Waals surface area contributed by atoms with Gasteiger partial charge in [-0.05, 0) is 38.0 Å². The predicted molar refractivity (Wildman–Crippen MR) is 67.7 cm³/mol. The molecule has 1 aliphatic rings. The van der Waals surface area contributed by atoms with Gasteiger partial charge < -0.3 is 9.84 Å². The molecule has 0 aromatic carbocycles. The molecule has 3 heteroatoms. The minimum Gasteiger partial charge on any atom is -0.466 e. The number of carbonyl (C=O) groups is 1. The van der Waals surface area contributed by atoms with E-state index in [4.69, 9.17) is 4.74 Å². The Bertz CT molecular complexity index is 210. The molecule has 1 saturated carbocycles. The van der Waals surface area contributed by atoms with Gasteiger partial charge in [0.25, 0.3) is 0 Å².